The van der Waals surface area contributed by atoms with Gasteiger partial charge in [0.1, 0.15) is 6.04 Å². The lowest BCUT2D eigenvalue weighted by Gasteiger charge is -2.26. The van der Waals surface area contributed by atoms with E-state index >= 15 is 0 Å². The molecule has 1 aromatic rings. The zero-order valence-corrected chi connectivity index (χ0v) is 19.7. The monoisotopic (exact) mass is 462 g/mol. The van der Waals surface area contributed by atoms with Crippen molar-refractivity contribution in [2.75, 3.05) is 44.2 Å². The van der Waals surface area contributed by atoms with Gasteiger partial charge >= 0.3 is 0 Å². The maximum atomic E-state index is 12.9. The first-order chi connectivity index (χ1) is 15.4. The van der Waals surface area contributed by atoms with Crippen LogP contribution in [-0.4, -0.2) is 74.7 Å². The Labute approximate surface area is 191 Å². The highest BCUT2D eigenvalue weighted by molar-refractivity contribution is 7.89. The molecule has 176 valence electrons. The predicted octanol–water partition coefficient (Wildman–Crippen LogP) is 1.74. The van der Waals surface area contributed by atoms with Crippen molar-refractivity contribution >= 4 is 27.5 Å². The molecule has 9 heteroatoms. The molecule has 0 spiro atoms. The highest BCUT2D eigenvalue weighted by Gasteiger charge is 2.38. The summed E-state index contributed by atoms with van der Waals surface area (Å²) >= 11 is 0. The van der Waals surface area contributed by atoms with Gasteiger partial charge in [-0.2, -0.15) is 4.31 Å². The molecule has 1 atom stereocenters. The summed E-state index contributed by atoms with van der Waals surface area (Å²) in [5.74, 6) is -0.397. The lowest BCUT2D eigenvalue weighted by Crippen LogP contribution is -2.47. The van der Waals surface area contributed by atoms with Gasteiger partial charge in [-0.05, 0) is 75.5 Å². The van der Waals surface area contributed by atoms with Crippen LogP contribution >= 0.6 is 0 Å². The number of nitrogens with zero attached hydrogens (tertiary/aromatic N) is 3. The minimum Gasteiger partial charge on any atom is -0.354 e. The second kappa shape index (κ2) is 9.89. The summed E-state index contributed by atoms with van der Waals surface area (Å²) in [5, 5.41) is 2.99. The van der Waals surface area contributed by atoms with E-state index in [1.807, 2.05) is 0 Å². The second-order valence-corrected chi connectivity index (χ2v) is 11.0. The van der Waals surface area contributed by atoms with Crippen LogP contribution in [0.15, 0.2) is 23.1 Å². The Hall–Kier alpha value is -1.97. The van der Waals surface area contributed by atoms with Crippen LogP contribution in [0.5, 0.6) is 0 Å². The van der Waals surface area contributed by atoms with Crippen molar-refractivity contribution in [1.82, 2.24) is 14.5 Å². The quantitative estimate of drug-likeness (QED) is 0.624. The molecule has 8 nitrogen and oxygen atoms in total. The number of hydrogen-bond donors (Lipinski definition) is 1. The van der Waals surface area contributed by atoms with Gasteiger partial charge in [-0.25, -0.2) is 8.42 Å². The summed E-state index contributed by atoms with van der Waals surface area (Å²) in [7, 11) is -3.54. The van der Waals surface area contributed by atoms with E-state index in [4.69, 9.17) is 0 Å². The Morgan fingerprint density at radius 1 is 1.03 bits per heavy atom. The van der Waals surface area contributed by atoms with E-state index in [0.717, 1.165) is 44.5 Å². The standard InChI is InChI=1S/C23H34N4O4S/c1-18(28)27-21-9-8-20(32(30,31)26-14-5-6-15-26)16-19(21)17-22(27)23(29)24-10-7-13-25-11-3-2-4-12-25/h8-9,16,22H,2-7,10-15,17H2,1H3,(H,24,29)/t22-/m1/s1. The first kappa shape index (κ1) is 23.2. The number of amides is 2. The number of sulfonamides is 1. The van der Waals surface area contributed by atoms with E-state index in [1.165, 1.54) is 35.4 Å². The number of carbonyl (C=O) groups is 2. The number of rotatable bonds is 7. The fourth-order valence-corrected chi connectivity index (χ4v) is 6.65. The first-order valence-corrected chi connectivity index (χ1v) is 13.2. The smallest absolute Gasteiger partial charge is 0.243 e. The molecule has 0 aliphatic carbocycles. The predicted molar refractivity (Wildman–Crippen MR) is 123 cm³/mol. The van der Waals surface area contributed by atoms with E-state index in [0.29, 0.717) is 31.7 Å². The molecule has 2 saturated heterocycles. The third-order valence-corrected chi connectivity index (χ3v) is 8.67. The Morgan fingerprint density at radius 2 is 1.72 bits per heavy atom. The minimum atomic E-state index is -3.54. The summed E-state index contributed by atoms with van der Waals surface area (Å²) in [6.45, 7) is 6.34. The molecular weight excluding hydrogens is 428 g/mol. The number of anilines is 1. The fraction of sp³-hybridized carbons (Fsp3) is 0.652. The molecule has 0 bridgehead atoms. The summed E-state index contributed by atoms with van der Waals surface area (Å²) < 4.78 is 27.4. The van der Waals surface area contributed by atoms with Crippen LogP contribution < -0.4 is 10.2 Å². The van der Waals surface area contributed by atoms with Gasteiger partial charge in [-0.1, -0.05) is 6.42 Å². The molecule has 1 aromatic carbocycles. The van der Waals surface area contributed by atoms with Crippen molar-refractivity contribution < 1.29 is 18.0 Å². The van der Waals surface area contributed by atoms with Crippen molar-refractivity contribution in [3.05, 3.63) is 23.8 Å². The van der Waals surface area contributed by atoms with Crippen LogP contribution in [0.3, 0.4) is 0 Å². The van der Waals surface area contributed by atoms with Gasteiger partial charge in [0, 0.05) is 38.7 Å². The van der Waals surface area contributed by atoms with Crippen LogP contribution in [0.2, 0.25) is 0 Å². The highest BCUT2D eigenvalue weighted by atomic mass is 32.2. The van der Waals surface area contributed by atoms with Crippen molar-refractivity contribution in [1.29, 1.82) is 0 Å². The molecule has 32 heavy (non-hydrogen) atoms. The SMILES string of the molecule is CC(=O)N1c2ccc(S(=O)(=O)N3CCCC3)cc2C[C@@H]1C(=O)NCCCN1CCCCC1. The Bertz CT molecular complexity index is 953. The molecule has 0 radical (unpaired) electrons. The maximum absolute atomic E-state index is 12.9. The van der Waals surface area contributed by atoms with Crippen LogP contribution in [-0.2, 0) is 26.0 Å². The van der Waals surface area contributed by atoms with Crippen LogP contribution in [0.4, 0.5) is 5.69 Å². The number of carbonyl (C=O) groups excluding carboxylic acids is 2. The maximum Gasteiger partial charge on any atom is 0.243 e. The number of hydrogen-bond acceptors (Lipinski definition) is 5. The van der Waals surface area contributed by atoms with E-state index in [9.17, 15) is 18.0 Å². The van der Waals surface area contributed by atoms with E-state index in [2.05, 4.69) is 10.2 Å². The van der Waals surface area contributed by atoms with Crippen LogP contribution in [0.25, 0.3) is 0 Å². The molecular formula is C23H34N4O4S. The number of likely N-dealkylation sites (tertiary alicyclic amines) is 1. The molecule has 0 aromatic heterocycles. The number of fused-ring (bicyclic) bond motifs is 1. The normalized spacial score (nSPS) is 22.2. The Balaban J connectivity index is 1.41. The summed E-state index contributed by atoms with van der Waals surface area (Å²) in [6.07, 6.45) is 6.76. The van der Waals surface area contributed by atoms with Gasteiger partial charge in [-0.3, -0.25) is 14.5 Å². The first-order valence-electron chi connectivity index (χ1n) is 11.8. The van der Waals surface area contributed by atoms with Crippen molar-refractivity contribution in [2.24, 2.45) is 0 Å². The minimum absolute atomic E-state index is 0.181. The highest BCUT2D eigenvalue weighted by Crippen LogP contribution is 2.35. The third-order valence-electron chi connectivity index (χ3n) is 6.78. The number of benzene rings is 1. The van der Waals surface area contributed by atoms with Gasteiger partial charge in [0.25, 0.3) is 0 Å². The second-order valence-electron chi connectivity index (χ2n) is 9.06. The average Bonchev–Trinajstić information content (AvgIpc) is 3.45. The molecule has 1 N–H and O–H groups in total. The molecule has 2 fully saturated rings. The van der Waals surface area contributed by atoms with Gasteiger partial charge in [0.2, 0.25) is 21.8 Å². The molecule has 0 saturated carbocycles. The lowest BCUT2D eigenvalue weighted by atomic mass is 10.1. The fourth-order valence-electron chi connectivity index (χ4n) is 5.08. The topological polar surface area (TPSA) is 90.0 Å². The molecule has 0 unspecified atom stereocenters. The van der Waals surface area contributed by atoms with E-state index < -0.39 is 16.1 Å². The molecule has 4 rings (SSSR count). The van der Waals surface area contributed by atoms with E-state index in [-0.39, 0.29) is 16.7 Å². The molecule has 3 aliphatic rings. The third kappa shape index (κ3) is 4.84. The largest absolute Gasteiger partial charge is 0.354 e. The molecule has 2 amide bonds. The summed E-state index contributed by atoms with van der Waals surface area (Å²) in [6, 6.07) is 4.23. The average molecular weight is 463 g/mol. The Morgan fingerprint density at radius 3 is 2.41 bits per heavy atom. The Kier molecular flexibility index (Phi) is 7.17. The van der Waals surface area contributed by atoms with Crippen molar-refractivity contribution in [2.45, 2.75) is 62.8 Å². The van der Waals surface area contributed by atoms with Crippen molar-refractivity contribution in [3.63, 3.8) is 0 Å². The zero-order valence-electron chi connectivity index (χ0n) is 18.9. The van der Waals surface area contributed by atoms with Crippen LogP contribution in [0.1, 0.15) is 51.0 Å². The zero-order chi connectivity index (χ0) is 22.7. The summed E-state index contributed by atoms with van der Waals surface area (Å²) in [5.41, 5.74) is 1.36. The molecule has 3 aliphatic heterocycles. The van der Waals surface area contributed by atoms with E-state index in [1.54, 1.807) is 18.2 Å². The lowest BCUT2D eigenvalue weighted by molar-refractivity contribution is -0.125. The number of piperidine rings is 1. The van der Waals surface area contributed by atoms with Crippen LogP contribution in [0, 0.1) is 0 Å². The summed E-state index contributed by atoms with van der Waals surface area (Å²) in [4.78, 5) is 29.5. The van der Waals surface area contributed by atoms with Gasteiger partial charge < -0.3 is 10.2 Å². The number of nitrogens with one attached hydrogen (secondary N) is 1. The van der Waals surface area contributed by atoms with Gasteiger partial charge in [-0.15, -0.1) is 0 Å². The van der Waals surface area contributed by atoms with Crippen molar-refractivity contribution in [3.8, 4) is 0 Å². The van der Waals surface area contributed by atoms with Gasteiger partial charge in [0.15, 0.2) is 0 Å². The van der Waals surface area contributed by atoms with Gasteiger partial charge in [0.05, 0.1) is 4.90 Å². The molecule has 3 heterocycles.